The SMILES string of the molecule is Cn1cc(C(=O)Nc2ccc(OC(=O)c3ccc(Br)cc3)cc2)cn1. The topological polar surface area (TPSA) is 73.2 Å². The second-order valence-corrected chi connectivity index (χ2v) is 6.19. The van der Waals surface area contributed by atoms with Gasteiger partial charge in [0.1, 0.15) is 5.75 Å². The summed E-state index contributed by atoms with van der Waals surface area (Å²) < 4.78 is 7.75. The number of esters is 1. The van der Waals surface area contributed by atoms with Crippen LogP contribution in [0, 0.1) is 0 Å². The van der Waals surface area contributed by atoms with Gasteiger partial charge in [0.2, 0.25) is 0 Å². The first-order valence-corrected chi connectivity index (χ1v) is 8.18. The van der Waals surface area contributed by atoms with E-state index in [1.165, 1.54) is 6.20 Å². The standard InChI is InChI=1S/C18H14BrN3O3/c1-22-11-13(10-20-22)17(23)21-15-6-8-16(9-7-15)25-18(24)12-2-4-14(19)5-3-12/h2-11H,1H3,(H,21,23). The van der Waals surface area contributed by atoms with Crippen LogP contribution in [0.3, 0.4) is 0 Å². The van der Waals surface area contributed by atoms with Crippen LogP contribution >= 0.6 is 15.9 Å². The molecule has 0 spiro atoms. The van der Waals surface area contributed by atoms with Crippen LogP contribution in [0.15, 0.2) is 65.4 Å². The second kappa shape index (κ2) is 7.31. The Morgan fingerprint density at radius 3 is 2.32 bits per heavy atom. The molecule has 3 aromatic rings. The lowest BCUT2D eigenvalue weighted by atomic mass is 10.2. The van der Waals surface area contributed by atoms with E-state index in [9.17, 15) is 9.59 Å². The molecule has 0 saturated carbocycles. The summed E-state index contributed by atoms with van der Waals surface area (Å²) in [4.78, 5) is 24.1. The molecule has 6 nitrogen and oxygen atoms in total. The van der Waals surface area contributed by atoms with E-state index in [2.05, 4.69) is 26.3 Å². The highest BCUT2D eigenvalue weighted by molar-refractivity contribution is 9.10. The first kappa shape index (κ1) is 16.9. The van der Waals surface area contributed by atoms with Gasteiger partial charge in [0.15, 0.2) is 0 Å². The minimum atomic E-state index is -0.445. The van der Waals surface area contributed by atoms with E-state index < -0.39 is 5.97 Å². The molecule has 0 saturated heterocycles. The Morgan fingerprint density at radius 1 is 1.04 bits per heavy atom. The lowest BCUT2D eigenvalue weighted by molar-refractivity contribution is 0.0734. The summed E-state index contributed by atoms with van der Waals surface area (Å²) in [6, 6.07) is 13.5. The summed E-state index contributed by atoms with van der Waals surface area (Å²) in [6.07, 6.45) is 3.12. The predicted molar refractivity (Wildman–Crippen MR) is 96.7 cm³/mol. The van der Waals surface area contributed by atoms with Crippen LogP contribution in [0.4, 0.5) is 5.69 Å². The Morgan fingerprint density at radius 2 is 1.72 bits per heavy atom. The number of aryl methyl sites for hydroxylation is 1. The highest BCUT2D eigenvalue weighted by Crippen LogP contribution is 2.18. The molecule has 7 heteroatoms. The molecule has 0 unspecified atom stereocenters. The van der Waals surface area contributed by atoms with Crippen LogP contribution in [0.25, 0.3) is 0 Å². The molecule has 0 radical (unpaired) electrons. The average Bonchev–Trinajstić information content (AvgIpc) is 3.04. The van der Waals surface area contributed by atoms with Crippen LogP contribution in [-0.2, 0) is 7.05 Å². The van der Waals surface area contributed by atoms with Crippen LogP contribution in [0.2, 0.25) is 0 Å². The Bertz CT molecular complexity index is 902. The molecule has 0 aliphatic heterocycles. The molecule has 2 aromatic carbocycles. The molecule has 1 heterocycles. The van der Waals surface area contributed by atoms with Gasteiger partial charge in [-0.05, 0) is 48.5 Å². The Hall–Kier alpha value is -2.93. The van der Waals surface area contributed by atoms with Crippen LogP contribution in [-0.4, -0.2) is 21.7 Å². The van der Waals surface area contributed by atoms with Gasteiger partial charge in [0.05, 0.1) is 17.3 Å². The van der Waals surface area contributed by atoms with Crippen molar-refractivity contribution in [1.29, 1.82) is 0 Å². The maximum Gasteiger partial charge on any atom is 0.343 e. The van der Waals surface area contributed by atoms with Crippen molar-refractivity contribution in [3.05, 3.63) is 76.5 Å². The molecule has 0 aliphatic rings. The number of rotatable bonds is 4. The van der Waals surface area contributed by atoms with E-state index in [4.69, 9.17) is 4.74 Å². The molecule has 0 fully saturated rings. The summed E-state index contributed by atoms with van der Waals surface area (Å²) in [5.41, 5.74) is 1.52. The van der Waals surface area contributed by atoms with E-state index in [1.54, 1.807) is 66.5 Å². The zero-order valence-electron chi connectivity index (χ0n) is 13.3. The summed E-state index contributed by atoms with van der Waals surface area (Å²) in [6.45, 7) is 0. The Labute approximate surface area is 152 Å². The molecule has 0 bridgehead atoms. The molecular formula is C18H14BrN3O3. The fraction of sp³-hybridized carbons (Fsp3) is 0.0556. The van der Waals surface area contributed by atoms with Crippen LogP contribution in [0.1, 0.15) is 20.7 Å². The first-order chi connectivity index (χ1) is 12.0. The quantitative estimate of drug-likeness (QED) is 0.536. The largest absolute Gasteiger partial charge is 0.423 e. The zero-order valence-corrected chi connectivity index (χ0v) is 14.9. The van der Waals surface area contributed by atoms with Crippen molar-refractivity contribution in [2.24, 2.45) is 7.05 Å². The zero-order chi connectivity index (χ0) is 17.8. The third-order valence-electron chi connectivity index (χ3n) is 3.37. The second-order valence-electron chi connectivity index (χ2n) is 5.28. The number of nitrogens with one attached hydrogen (secondary N) is 1. The first-order valence-electron chi connectivity index (χ1n) is 7.39. The van der Waals surface area contributed by atoms with Gasteiger partial charge in [0.25, 0.3) is 5.91 Å². The van der Waals surface area contributed by atoms with Gasteiger partial charge in [0, 0.05) is 23.4 Å². The third-order valence-corrected chi connectivity index (χ3v) is 3.90. The number of amides is 1. The molecule has 126 valence electrons. The van der Waals surface area contributed by atoms with Gasteiger partial charge in [-0.3, -0.25) is 9.48 Å². The number of halogens is 1. The number of benzene rings is 2. The number of aromatic nitrogens is 2. The molecule has 1 amide bonds. The minimum Gasteiger partial charge on any atom is -0.423 e. The number of carbonyl (C=O) groups is 2. The van der Waals surface area contributed by atoms with Crippen molar-refractivity contribution >= 4 is 33.5 Å². The van der Waals surface area contributed by atoms with E-state index in [-0.39, 0.29) is 5.91 Å². The number of hydrogen-bond donors (Lipinski definition) is 1. The van der Waals surface area contributed by atoms with E-state index in [0.717, 1.165) is 4.47 Å². The highest BCUT2D eigenvalue weighted by atomic mass is 79.9. The molecule has 3 rings (SSSR count). The third kappa shape index (κ3) is 4.33. The van der Waals surface area contributed by atoms with E-state index >= 15 is 0 Å². The fourth-order valence-corrected chi connectivity index (χ4v) is 2.36. The summed E-state index contributed by atoms with van der Waals surface area (Å²) >= 11 is 3.32. The van der Waals surface area contributed by atoms with Gasteiger partial charge in [-0.1, -0.05) is 15.9 Å². The fourth-order valence-electron chi connectivity index (χ4n) is 2.10. The summed E-state index contributed by atoms with van der Waals surface area (Å²) in [5.74, 6) is -0.306. The van der Waals surface area contributed by atoms with E-state index in [0.29, 0.717) is 22.6 Å². The van der Waals surface area contributed by atoms with Crippen molar-refractivity contribution < 1.29 is 14.3 Å². The Kier molecular flexibility index (Phi) is 4.95. The van der Waals surface area contributed by atoms with Crippen molar-refractivity contribution in [1.82, 2.24) is 9.78 Å². The number of anilines is 1. The summed E-state index contributed by atoms with van der Waals surface area (Å²) in [7, 11) is 1.74. The molecule has 0 atom stereocenters. The lowest BCUT2D eigenvalue weighted by Crippen LogP contribution is -2.11. The number of carbonyl (C=O) groups excluding carboxylic acids is 2. The monoisotopic (exact) mass is 399 g/mol. The molecule has 0 aliphatic carbocycles. The van der Waals surface area contributed by atoms with Crippen molar-refractivity contribution in [3.8, 4) is 5.75 Å². The summed E-state index contributed by atoms with van der Waals surface area (Å²) in [5, 5.41) is 6.71. The molecular weight excluding hydrogens is 386 g/mol. The van der Waals surface area contributed by atoms with Gasteiger partial charge in [-0.2, -0.15) is 5.10 Å². The average molecular weight is 400 g/mol. The van der Waals surface area contributed by atoms with Crippen molar-refractivity contribution in [2.75, 3.05) is 5.32 Å². The number of hydrogen-bond acceptors (Lipinski definition) is 4. The lowest BCUT2D eigenvalue weighted by Gasteiger charge is -2.07. The molecule has 25 heavy (non-hydrogen) atoms. The van der Waals surface area contributed by atoms with Crippen molar-refractivity contribution in [2.45, 2.75) is 0 Å². The number of nitrogens with zero attached hydrogens (tertiary/aromatic N) is 2. The van der Waals surface area contributed by atoms with Crippen LogP contribution in [0.5, 0.6) is 5.75 Å². The molecule has 1 aromatic heterocycles. The maximum atomic E-state index is 12.1. The van der Waals surface area contributed by atoms with E-state index in [1.807, 2.05) is 0 Å². The van der Waals surface area contributed by atoms with Gasteiger partial charge >= 0.3 is 5.97 Å². The normalized spacial score (nSPS) is 10.3. The smallest absolute Gasteiger partial charge is 0.343 e. The van der Waals surface area contributed by atoms with Crippen LogP contribution < -0.4 is 10.1 Å². The van der Waals surface area contributed by atoms with Gasteiger partial charge in [-0.25, -0.2) is 4.79 Å². The maximum absolute atomic E-state index is 12.1. The van der Waals surface area contributed by atoms with Gasteiger partial charge in [-0.15, -0.1) is 0 Å². The highest BCUT2D eigenvalue weighted by Gasteiger charge is 2.10. The number of ether oxygens (including phenoxy) is 1. The van der Waals surface area contributed by atoms with Gasteiger partial charge < -0.3 is 10.1 Å². The minimum absolute atomic E-state index is 0.257. The predicted octanol–water partition coefficient (Wildman–Crippen LogP) is 3.65. The Balaban J connectivity index is 1.63. The molecule has 1 N–H and O–H groups in total. The van der Waals surface area contributed by atoms with Crippen molar-refractivity contribution in [3.63, 3.8) is 0 Å².